The Bertz CT molecular complexity index is 248. The van der Waals surface area contributed by atoms with Crippen molar-refractivity contribution < 1.29 is 0 Å². The fourth-order valence-corrected chi connectivity index (χ4v) is 4.54. The highest BCUT2D eigenvalue weighted by Crippen LogP contribution is 2.46. The molecule has 2 fully saturated rings. The third kappa shape index (κ3) is 3.24. The van der Waals surface area contributed by atoms with Crippen molar-refractivity contribution in [2.45, 2.75) is 72.3 Å². The minimum Gasteiger partial charge on any atom is -0.327 e. The van der Waals surface area contributed by atoms with Gasteiger partial charge in [-0.1, -0.05) is 27.7 Å². The van der Waals surface area contributed by atoms with Gasteiger partial charge < -0.3 is 5.73 Å². The summed E-state index contributed by atoms with van der Waals surface area (Å²) in [5, 5.41) is 0. The lowest BCUT2D eigenvalue weighted by Gasteiger charge is -2.46. The Morgan fingerprint density at radius 2 is 1.59 bits per heavy atom. The van der Waals surface area contributed by atoms with Crippen LogP contribution in [-0.2, 0) is 0 Å². The van der Waals surface area contributed by atoms with Gasteiger partial charge in [-0.2, -0.15) is 0 Å². The van der Waals surface area contributed by atoms with Crippen LogP contribution < -0.4 is 5.73 Å². The normalized spacial score (nSPS) is 46.8. The van der Waals surface area contributed by atoms with E-state index >= 15 is 0 Å². The Hall–Kier alpha value is -0.0400. The molecule has 4 atom stereocenters. The molecule has 2 saturated carbocycles. The summed E-state index contributed by atoms with van der Waals surface area (Å²) in [5.74, 6) is 3.54. The Morgan fingerprint density at radius 3 is 2.18 bits per heavy atom. The largest absolute Gasteiger partial charge is 0.327 e. The second-order valence-electron chi connectivity index (χ2n) is 7.91. The molecule has 1 nitrogen and oxygen atoms in total. The van der Waals surface area contributed by atoms with E-state index in [0.717, 1.165) is 23.7 Å². The quantitative estimate of drug-likeness (QED) is 0.726. The van der Waals surface area contributed by atoms with Crippen LogP contribution in [0.4, 0.5) is 0 Å². The van der Waals surface area contributed by atoms with Gasteiger partial charge in [0.2, 0.25) is 0 Å². The summed E-state index contributed by atoms with van der Waals surface area (Å²) in [7, 11) is 0. The van der Waals surface area contributed by atoms with E-state index in [-0.39, 0.29) is 0 Å². The van der Waals surface area contributed by atoms with Crippen LogP contribution in [0, 0.1) is 29.1 Å². The summed E-state index contributed by atoms with van der Waals surface area (Å²) in [6.07, 6.45) is 8.22. The number of hydrogen-bond acceptors (Lipinski definition) is 1. The molecule has 0 saturated heterocycles. The third-order valence-corrected chi connectivity index (χ3v) is 5.31. The molecule has 17 heavy (non-hydrogen) atoms. The SMILES string of the molecule is CC1CC(C)CC(C2CC(C)(C)CCC2N)C1. The lowest BCUT2D eigenvalue weighted by molar-refractivity contribution is 0.0672. The van der Waals surface area contributed by atoms with Crippen LogP contribution >= 0.6 is 0 Å². The van der Waals surface area contributed by atoms with Gasteiger partial charge in [0.1, 0.15) is 0 Å². The standard InChI is InChI=1S/C16H31N/c1-11-7-12(2)9-13(8-11)14-10-16(3,4)6-5-15(14)17/h11-15H,5-10,17H2,1-4H3. The molecule has 0 aliphatic heterocycles. The van der Waals surface area contributed by atoms with E-state index in [1.807, 2.05) is 0 Å². The lowest BCUT2D eigenvalue weighted by Crippen LogP contribution is -2.44. The average molecular weight is 237 g/mol. The van der Waals surface area contributed by atoms with Gasteiger partial charge in [-0.25, -0.2) is 0 Å². The first kappa shape index (κ1) is 13.4. The summed E-state index contributed by atoms with van der Waals surface area (Å²) in [6, 6.07) is 0.477. The molecular formula is C16H31N. The van der Waals surface area contributed by atoms with Crippen molar-refractivity contribution in [1.29, 1.82) is 0 Å². The molecule has 2 aliphatic carbocycles. The minimum absolute atomic E-state index is 0.477. The molecule has 100 valence electrons. The van der Waals surface area contributed by atoms with Gasteiger partial charge in [0.15, 0.2) is 0 Å². The molecule has 2 aliphatic rings. The van der Waals surface area contributed by atoms with Crippen LogP contribution in [0.2, 0.25) is 0 Å². The molecule has 2 N–H and O–H groups in total. The van der Waals surface area contributed by atoms with E-state index in [9.17, 15) is 0 Å². The zero-order valence-electron chi connectivity index (χ0n) is 12.2. The molecule has 0 amide bonds. The maximum Gasteiger partial charge on any atom is 0.00702 e. The van der Waals surface area contributed by atoms with Gasteiger partial charge in [0, 0.05) is 6.04 Å². The fourth-order valence-electron chi connectivity index (χ4n) is 4.54. The topological polar surface area (TPSA) is 26.0 Å². The smallest absolute Gasteiger partial charge is 0.00702 e. The second-order valence-corrected chi connectivity index (χ2v) is 7.91. The third-order valence-electron chi connectivity index (χ3n) is 5.31. The van der Waals surface area contributed by atoms with Gasteiger partial charge in [0.25, 0.3) is 0 Å². The van der Waals surface area contributed by atoms with Gasteiger partial charge >= 0.3 is 0 Å². The molecule has 0 aromatic heterocycles. The second kappa shape index (κ2) is 4.91. The molecule has 2 rings (SSSR count). The Balaban J connectivity index is 2.04. The molecule has 0 aromatic carbocycles. The molecule has 0 radical (unpaired) electrons. The van der Waals surface area contributed by atoms with Crippen LogP contribution in [-0.4, -0.2) is 6.04 Å². The van der Waals surface area contributed by atoms with Gasteiger partial charge in [0.05, 0.1) is 0 Å². The summed E-state index contributed by atoms with van der Waals surface area (Å²) >= 11 is 0. The number of rotatable bonds is 1. The highest BCUT2D eigenvalue weighted by molar-refractivity contribution is 4.92. The summed E-state index contributed by atoms with van der Waals surface area (Å²) in [6.45, 7) is 9.73. The highest BCUT2D eigenvalue weighted by atomic mass is 14.7. The maximum atomic E-state index is 6.42. The fraction of sp³-hybridized carbons (Fsp3) is 1.00. The van der Waals surface area contributed by atoms with Gasteiger partial charge in [-0.15, -0.1) is 0 Å². The molecular weight excluding hydrogens is 206 g/mol. The van der Waals surface area contributed by atoms with Crippen molar-refractivity contribution >= 4 is 0 Å². The summed E-state index contributed by atoms with van der Waals surface area (Å²) in [4.78, 5) is 0. The maximum absolute atomic E-state index is 6.42. The molecule has 1 heteroatoms. The average Bonchev–Trinajstić information content (AvgIpc) is 2.20. The van der Waals surface area contributed by atoms with Crippen molar-refractivity contribution in [2.24, 2.45) is 34.8 Å². The van der Waals surface area contributed by atoms with Crippen LogP contribution in [0.3, 0.4) is 0 Å². The first-order valence-corrected chi connectivity index (χ1v) is 7.63. The minimum atomic E-state index is 0.477. The zero-order valence-corrected chi connectivity index (χ0v) is 12.2. The van der Waals surface area contributed by atoms with E-state index in [2.05, 4.69) is 27.7 Å². The van der Waals surface area contributed by atoms with E-state index in [0.29, 0.717) is 11.5 Å². The van der Waals surface area contributed by atoms with Crippen LogP contribution in [0.25, 0.3) is 0 Å². The summed E-state index contributed by atoms with van der Waals surface area (Å²) in [5.41, 5.74) is 6.95. The first-order valence-electron chi connectivity index (χ1n) is 7.63. The molecule has 0 heterocycles. The molecule has 0 aromatic rings. The van der Waals surface area contributed by atoms with Crippen LogP contribution in [0.5, 0.6) is 0 Å². The van der Waals surface area contributed by atoms with E-state index < -0.39 is 0 Å². The lowest BCUT2D eigenvalue weighted by atomic mass is 9.61. The zero-order chi connectivity index (χ0) is 12.6. The van der Waals surface area contributed by atoms with Gasteiger partial charge in [-0.05, 0) is 67.6 Å². The van der Waals surface area contributed by atoms with Gasteiger partial charge in [-0.3, -0.25) is 0 Å². The highest BCUT2D eigenvalue weighted by Gasteiger charge is 2.39. The van der Waals surface area contributed by atoms with Crippen molar-refractivity contribution in [3.63, 3.8) is 0 Å². The Kier molecular flexibility index (Phi) is 3.87. The van der Waals surface area contributed by atoms with Crippen molar-refractivity contribution in [2.75, 3.05) is 0 Å². The number of hydrogen-bond donors (Lipinski definition) is 1. The Labute approximate surface area is 108 Å². The molecule has 0 bridgehead atoms. The van der Waals surface area contributed by atoms with E-state index in [4.69, 9.17) is 5.73 Å². The van der Waals surface area contributed by atoms with Crippen molar-refractivity contribution in [1.82, 2.24) is 0 Å². The summed E-state index contributed by atoms with van der Waals surface area (Å²) < 4.78 is 0. The number of nitrogens with two attached hydrogens (primary N) is 1. The van der Waals surface area contributed by atoms with E-state index in [1.165, 1.54) is 38.5 Å². The molecule has 0 spiro atoms. The van der Waals surface area contributed by atoms with E-state index in [1.54, 1.807) is 0 Å². The van der Waals surface area contributed by atoms with Crippen molar-refractivity contribution in [3.05, 3.63) is 0 Å². The monoisotopic (exact) mass is 237 g/mol. The predicted octanol–water partition coefficient (Wildman–Crippen LogP) is 4.21. The molecule has 4 unspecified atom stereocenters. The van der Waals surface area contributed by atoms with Crippen LogP contribution in [0.1, 0.15) is 66.2 Å². The van der Waals surface area contributed by atoms with Crippen LogP contribution in [0.15, 0.2) is 0 Å². The first-order chi connectivity index (χ1) is 7.87. The van der Waals surface area contributed by atoms with Crippen molar-refractivity contribution in [3.8, 4) is 0 Å². The predicted molar refractivity (Wildman–Crippen MR) is 74.8 cm³/mol. The Morgan fingerprint density at radius 1 is 1.00 bits per heavy atom.